The molecule has 2 N–H and O–H groups in total. The van der Waals surface area contributed by atoms with Gasteiger partial charge in [0.1, 0.15) is 11.3 Å². The number of hydrogen-bond acceptors (Lipinski definition) is 3. The molecule has 5 nitrogen and oxygen atoms in total. The number of rotatable bonds is 2. The Kier molecular flexibility index (Phi) is 4.03. The second-order valence-corrected chi connectivity index (χ2v) is 5.95. The summed E-state index contributed by atoms with van der Waals surface area (Å²) in [4.78, 5) is 25.1. The van der Waals surface area contributed by atoms with E-state index in [1.807, 2.05) is 13.0 Å². The first-order valence-electron chi connectivity index (χ1n) is 7.28. The number of pyridine rings is 1. The zero-order valence-electron chi connectivity index (χ0n) is 13.1. The van der Waals surface area contributed by atoms with Crippen LogP contribution in [0.1, 0.15) is 15.9 Å². The second-order valence-electron chi connectivity index (χ2n) is 5.55. The standard InChI is InChI=1S/C18H15ClN2O3/c1-10-5-3-6-11(9-10)20-17(23)15-16(22)14-12(19)7-4-8-13(14)21(2)18(15)24/h3-9,22H,1-2H3,(H,20,23). The van der Waals surface area contributed by atoms with E-state index in [4.69, 9.17) is 11.6 Å². The quantitative estimate of drug-likeness (QED) is 0.749. The summed E-state index contributed by atoms with van der Waals surface area (Å²) in [6.07, 6.45) is 0. The van der Waals surface area contributed by atoms with Gasteiger partial charge in [-0.15, -0.1) is 0 Å². The number of benzene rings is 2. The fraction of sp³-hybridized carbons (Fsp3) is 0.111. The average Bonchev–Trinajstić information content (AvgIpc) is 2.52. The van der Waals surface area contributed by atoms with E-state index in [1.54, 1.807) is 36.4 Å². The fourth-order valence-electron chi connectivity index (χ4n) is 2.65. The summed E-state index contributed by atoms with van der Waals surface area (Å²) in [6.45, 7) is 1.89. The lowest BCUT2D eigenvalue weighted by molar-refractivity contribution is 0.102. The van der Waals surface area contributed by atoms with Crippen molar-refractivity contribution < 1.29 is 9.90 Å². The number of nitrogens with one attached hydrogen (secondary N) is 1. The van der Waals surface area contributed by atoms with E-state index >= 15 is 0 Å². The molecule has 0 atom stereocenters. The maximum Gasteiger partial charge on any atom is 0.267 e. The molecule has 0 aliphatic rings. The Balaban J connectivity index is 2.17. The largest absolute Gasteiger partial charge is 0.506 e. The van der Waals surface area contributed by atoms with E-state index in [0.717, 1.165) is 5.56 Å². The van der Waals surface area contributed by atoms with Crippen LogP contribution in [0.25, 0.3) is 10.9 Å². The Morgan fingerprint density at radius 3 is 2.62 bits per heavy atom. The molecule has 1 heterocycles. The van der Waals surface area contributed by atoms with E-state index in [0.29, 0.717) is 11.2 Å². The van der Waals surface area contributed by atoms with Gasteiger partial charge in [0.2, 0.25) is 0 Å². The normalized spacial score (nSPS) is 10.8. The second kappa shape index (κ2) is 6.02. The number of aromatic nitrogens is 1. The van der Waals surface area contributed by atoms with Crippen molar-refractivity contribution >= 4 is 34.1 Å². The minimum absolute atomic E-state index is 0.269. The van der Waals surface area contributed by atoms with Crippen molar-refractivity contribution in [1.82, 2.24) is 4.57 Å². The lowest BCUT2D eigenvalue weighted by Crippen LogP contribution is -2.28. The van der Waals surface area contributed by atoms with Crippen molar-refractivity contribution in [2.24, 2.45) is 7.05 Å². The molecule has 0 saturated heterocycles. The molecule has 2 aromatic carbocycles. The van der Waals surface area contributed by atoms with E-state index in [1.165, 1.54) is 11.6 Å². The summed E-state index contributed by atoms with van der Waals surface area (Å²) in [5.41, 5.74) is 1.04. The van der Waals surface area contributed by atoms with Crippen LogP contribution in [-0.4, -0.2) is 15.6 Å². The molecule has 6 heteroatoms. The van der Waals surface area contributed by atoms with Gasteiger partial charge < -0.3 is 15.0 Å². The molecule has 0 fully saturated rings. The average molecular weight is 343 g/mol. The third-order valence-electron chi connectivity index (χ3n) is 3.85. The highest BCUT2D eigenvalue weighted by molar-refractivity contribution is 6.36. The van der Waals surface area contributed by atoms with Crippen molar-refractivity contribution in [2.75, 3.05) is 5.32 Å². The van der Waals surface area contributed by atoms with Gasteiger partial charge in [0.15, 0.2) is 0 Å². The van der Waals surface area contributed by atoms with Gasteiger partial charge in [0.25, 0.3) is 11.5 Å². The molecule has 0 bridgehead atoms. The summed E-state index contributed by atoms with van der Waals surface area (Å²) in [5, 5.41) is 13.7. The number of halogens is 1. The number of amides is 1. The molecule has 1 amide bonds. The molecule has 0 radical (unpaired) electrons. The number of carbonyl (C=O) groups is 1. The summed E-state index contributed by atoms with van der Waals surface area (Å²) in [6, 6.07) is 12.1. The highest BCUT2D eigenvalue weighted by Gasteiger charge is 2.22. The predicted molar refractivity (Wildman–Crippen MR) is 95.0 cm³/mol. The number of anilines is 1. The maximum atomic E-state index is 12.5. The zero-order valence-corrected chi connectivity index (χ0v) is 13.9. The smallest absolute Gasteiger partial charge is 0.267 e. The Hall–Kier alpha value is -2.79. The van der Waals surface area contributed by atoms with Crippen LogP contribution in [0.5, 0.6) is 5.75 Å². The van der Waals surface area contributed by atoms with E-state index in [9.17, 15) is 14.7 Å². The first kappa shape index (κ1) is 16.1. The van der Waals surface area contributed by atoms with Crippen molar-refractivity contribution in [3.8, 4) is 5.75 Å². The first-order chi connectivity index (χ1) is 11.4. The van der Waals surface area contributed by atoms with Gasteiger partial charge in [-0.25, -0.2) is 0 Å². The monoisotopic (exact) mass is 342 g/mol. The molecule has 122 valence electrons. The fourth-order valence-corrected chi connectivity index (χ4v) is 2.91. The van der Waals surface area contributed by atoms with Crippen LogP contribution in [0.3, 0.4) is 0 Å². The summed E-state index contributed by atoms with van der Waals surface area (Å²) < 4.78 is 1.30. The lowest BCUT2D eigenvalue weighted by atomic mass is 10.1. The van der Waals surface area contributed by atoms with Crippen molar-refractivity contribution in [2.45, 2.75) is 6.92 Å². The van der Waals surface area contributed by atoms with Gasteiger partial charge in [-0.2, -0.15) is 0 Å². The van der Waals surface area contributed by atoms with Crippen LogP contribution in [-0.2, 0) is 7.05 Å². The molecule has 3 aromatic rings. The third kappa shape index (κ3) is 2.63. The zero-order chi connectivity index (χ0) is 17.4. The molecule has 0 unspecified atom stereocenters. The van der Waals surface area contributed by atoms with Crippen molar-refractivity contribution in [1.29, 1.82) is 0 Å². The number of hydrogen-bond donors (Lipinski definition) is 2. The van der Waals surface area contributed by atoms with Crippen LogP contribution in [0, 0.1) is 6.92 Å². The van der Waals surface area contributed by atoms with Gasteiger partial charge in [-0.3, -0.25) is 9.59 Å². The van der Waals surface area contributed by atoms with Crippen LogP contribution >= 0.6 is 11.6 Å². The number of fused-ring (bicyclic) bond motifs is 1. The number of nitrogens with zero attached hydrogens (tertiary/aromatic N) is 1. The molecule has 1 aromatic heterocycles. The molecule has 0 spiro atoms. The van der Waals surface area contributed by atoms with Crippen LogP contribution in [0.2, 0.25) is 5.02 Å². The minimum Gasteiger partial charge on any atom is -0.506 e. The Bertz CT molecular complexity index is 1020. The molecule has 0 aliphatic heterocycles. The Morgan fingerprint density at radius 2 is 1.92 bits per heavy atom. The number of aromatic hydroxyl groups is 1. The molecular formula is C18H15ClN2O3. The number of carbonyl (C=O) groups excluding carboxylic acids is 1. The van der Waals surface area contributed by atoms with Crippen LogP contribution < -0.4 is 10.9 Å². The first-order valence-corrected chi connectivity index (χ1v) is 7.66. The van der Waals surface area contributed by atoms with Crippen molar-refractivity contribution in [3.63, 3.8) is 0 Å². The van der Waals surface area contributed by atoms with Gasteiger partial charge in [0, 0.05) is 12.7 Å². The van der Waals surface area contributed by atoms with Crippen LogP contribution in [0.15, 0.2) is 47.3 Å². The Labute approximate surface area is 143 Å². The van der Waals surface area contributed by atoms with Crippen molar-refractivity contribution in [3.05, 3.63) is 69.0 Å². The SMILES string of the molecule is Cc1cccc(NC(=O)c2c(O)c3c(Cl)cccc3n(C)c2=O)c1. The summed E-state index contributed by atoms with van der Waals surface area (Å²) in [7, 11) is 1.53. The topological polar surface area (TPSA) is 71.3 Å². The highest BCUT2D eigenvalue weighted by atomic mass is 35.5. The summed E-state index contributed by atoms with van der Waals surface area (Å²) >= 11 is 6.14. The molecule has 0 saturated carbocycles. The van der Waals surface area contributed by atoms with E-state index in [2.05, 4.69) is 5.32 Å². The maximum absolute atomic E-state index is 12.5. The Morgan fingerprint density at radius 1 is 1.21 bits per heavy atom. The van der Waals surface area contributed by atoms with Crippen LogP contribution in [0.4, 0.5) is 5.69 Å². The molecule has 0 aliphatic carbocycles. The molecular weight excluding hydrogens is 328 g/mol. The van der Waals surface area contributed by atoms with Gasteiger partial charge in [0.05, 0.1) is 15.9 Å². The molecule has 24 heavy (non-hydrogen) atoms. The highest BCUT2D eigenvalue weighted by Crippen LogP contribution is 2.32. The number of aryl methyl sites for hydroxylation is 2. The van der Waals surface area contributed by atoms with E-state index in [-0.39, 0.29) is 16.0 Å². The lowest BCUT2D eigenvalue weighted by Gasteiger charge is -2.13. The molecule has 3 rings (SSSR count). The third-order valence-corrected chi connectivity index (χ3v) is 4.16. The van der Waals surface area contributed by atoms with Gasteiger partial charge in [-0.05, 0) is 36.8 Å². The predicted octanol–water partition coefficient (Wildman–Crippen LogP) is 3.46. The van der Waals surface area contributed by atoms with E-state index < -0.39 is 17.2 Å². The van der Waals surface area contributed by atoms with Gasteiger partial charge in [-0.1, -0.05) is 29.8 Å². The minimum atomic E-state index is -0.680. The summed E-state index contributed by atoms with van der Waals surface area (Å²) in [5.74, 6) is -1.09. The van der Waals surface area contributed by atoms with Gasteiger partial charge >= 0.3 is 0 Å².